The normalized spacial score (nSPS) is 11.0. The van der Waals surface area contributed by atoms with Crippen molar-refractivity contribution in [2.45, 2.75) is 59.3 Å². The Morgan fingerprint density at radius 1 is 0.739 bits per heavy atom. The summed E-state index contributed by atoms with van der Waals surface area (Å²) in [5, 5.41) is 0. The topological polar surface area (TPSA) is 40.6 Å². The van der Waals surface area contributed by atoms with Gasteiger partial charge in [-0.15, -0.1) is 0 Å². The van der Waals surface area contributed by atoms with Gasteiger partial charge in [-0.25, -0.2) is 0 Å². The monoisotopic (exact) mass is 408 g/mol. The summed E-state index contributed by atoms with van der Waals surface area (Å²) in [6.07, 6.45) is 10.00. The highest BCUT2D eigenvalue weighted by molar-refractivity contribution is 9.40. The number of aromatic nitrogens is 1. The highest BCUT2D eigenvalue weighted by Crippen LogP contribution is 2.69. The largest absolute Gasteiger partial charge is 0.312 e. The van der Waals surface area contributed by atoms with Gasteiger partial charge >= 0.3 is 6.65 Å². The van der Waals surface area contributed by atoms with Crippen molar-refractivity contribution in [3.8, 4) is 0 Å². The maximum Gasteiger partial charge on any atom is 0.302 e. The molecule has 0 aliphatic heterocycles. The Morgan fingerprint density at radius 3 is 1.35 bits per heavy atom. The molecular formula is C17H32BrNO3P. The molecule has 1 rings (SSSR count). The van der Waals surface area contributed by atoms with E-state index in [1.807, 2.05) is 18.2 Å². The summed E-state index contributed by atoms with van der Waals surface area (Å²) < 4.78 is 17.2. The number of nitrogens with zero attached hydrogens (tertiary/aromatic N) is 1. The SMILES string of the molecule is CCCCO[P](Br)(OCCCC)OCCCC.c1ccncc1. The molecule has 0 aliphatic carbocycles. The lowest BCUT2D eigenvalue weighted by Gasteiger charge is -2.28. The molecule has 0 bridgehead atoms. The minimum Gasteiger partial charge on any atom is -0.312 e. The lowest BCUT2D eigenvalue weighted by atomic mass is 10.4. The molecule has 0 saturated heterocycles. The van der Waals surface area contributed by atoms with E-state index in [9.17, 15) is 0 Å². The zero-order chi connectivity index (χ0) is 17.2. The van der Waals surface area contributed by atoms with Crippen LogP contribution in [0.5, 0.6) is 0 Å². The second-order valence-corrected chi connectivity index (χ2v) is 9.26. The fourth-order valence-corrected chi connectivity index (χ4v) is 3.95. The van der Waals surface area contributed by atoms with Crippen LogP contribution >= 0.6 is 22.1 Å². The minimum absolute atomic E-state index is 0.702. The van der Waals surface area contributed by atoms with Crippen LogP contribution in [-0.2, 0) is 13.6 Å². The Morgan fingerprint density at radius 2 is 1.13 bits per heavy atom. The van der Waals surface area contributed by atoms with Crippen molar-refractivity contribution in [3.05, 3.63) is 30.6 Å². The summed E-state index contributed by atoms with van der Waals surface area (Å²) in [6.45, 7) is 6.30. The van der Waals surface area contributed by atoms with Crippen molar-refractivity contribution < 1.29 is 13.6 Å². The van der Waals surface area contributed by atoms with Gasteiger partial charge < -0.3 is 13.6 Å². The zero-order valence-corrected chi connectivity index (χ0v) is 17.2. The van der Waals surface area contributed by atoms with Gasteiger partial charge in [0, 0.05) is 27.9 Å². The van der Waals surface area contributed by atoms with Gasteiger partial charge in [-0.05, 0) is 31.4 Å². The molecule has 1 heterocycles. The number of halogens is 1. The Kier molecular flexibility index (Phi) is 16.7. The maximum absolute atomic E-state index is 5.75. The number of hydrogen-bond donors (Lipinski definition) is 0. The molecule has 6 heteroatoms. The van der Waals surface area contributed by atoms with Gasteiger partial charge in [-0.1, -0.05) is 46.1 Å². The van der Waals surface area contributed by atoms with Crippen LogP contribution in [0.2, 0.25) is 0 Å². The molecule has 0 aliphatic rings. The third-order valence-corrected chi connectivity index (χ3v) is 6.11. The van der Waals surface area contributed by atoms with Crippen molar-refractivity contribution in [1.29, 1.82) is 0 Å². The van der Waals surface area contributed by atoms with Crippen molar-refractivity contribution in [3.63, 3.8) is 0 Å². The minimum atomic E-state index is -2.25. The van der Waals surface area contributed by atoms with Gasteiger partial charge in [0.1, 0.15) is 0 Å². The fraction of sp³-hybridized carbons (Fsp3) is 0.706. The lowest BCUT2D eigenvalue weighted by molar-refractivity contribution is 0.150. The average molecular weight is 409 g/mol. The van der Waals surface area contributed by atoms with Gasteiger partial charge in [0.2, 0.25) is 0 Å². The highest BCUT2D eigenvalue weighted by atomic mass is 79.9. The molecule has 0 fully saturated rings. The first kappa shape index (κ1) is 22.9. The van der Waals surface area contributed by atoms with Crippen LogP contribution in [0.15, 0.2) is 30.6 Å². The van der Waals surface area contributed by atoms with E-state index >= 15 is 0 Å². The molecule has 0 atom stereocenters. The molecule has 135 valence electrons. The van der Waals surface area contributed by atoms with Gasteiger partial charge in [0.15, 0.2) is 0 Å². The number of pyridine rings is 1. The van der Waals surface area contributed by atoms with Gasteiger partial charge in [-0.3, -0.25) is 4.98 Å². The van der Waals surface area contributed by atoms with Crippen LogP contribution in [0.25, 0.3) is 0 Å². The molecule has 0 aromatic carbocycles. The van der Waals surface area contributed by atoms with Crippen LogP contribution < -0.4 is 0 Å². The first-order chi connectivity index (χ1) is 11.2. The van der Waals surface area contributed by atoms with Crippen LogP contribution in [-0.4, -0.2) is 24.8 Å². The van der Waals surface area contributed by atoms with Crippen LogP contribution in [0.4, 0.5) is 0 Å². The van der Waals surface area contributed by atoms with Gasteiger partial charge in [0.05, 0.1) is 19.8 Å². The summed E-state index contributed by atoms with van der Waals surface area (Å²) in [7, 11) is 0. The molecule has 4 nitrogen and oxygen atoms in total. The van der Waals surface area contributed by atoms with E-state index in [0.717, 1.165) is 38.5 Å². The molecule has 1 aromatic rings. The fourth-order valence-electron chi connectivity index (χ4n) is 1.38. The Hall–Kier alpha value is -0.0600. The molecular weight excluding hydrogens is 377 g/mol. The van der Waals surface area contributed by atoms with E-state index in [1.54, 1.807) is 12.4 Å². The first-order valence-corrected chi connectivity index (χ1v) is 12.1. The summed E-state index contributed by atoms with van der Waals surface area (Å²) >= 11 is 3.52. The van der Waals surface area contributed by atoms with E-state index in [2.05, 4.69) is 41.2 Å². The van der Waals surface area contributed by atoms with Crippen molar-refractivity contribution in [2.75, 3.05) is 19.8 Å². The molecule has 1 aromatic heterocycles. The summed E-state index contributed by atoms with van der Waals surface area (Å²) in [6, 6.07) is 5.72. The zero-order valence-electron chi connectivity index (χ0n) is 14.7. The lowest BCUT2D eigenvalue weighted by Crippen LogP contribution is -2.05. The Labute approximate surface area is 150 Å². The quantitative estimate of drug-likeness (QED) is 0.288. The molecule has 1 radical (unpaired) electrons. The predicted molar refractivity (Wildman–Crippen MR) is 103 cm³/mol. The molecule has 0 unspecified atom stereocenters. The van der Waals surface area contributed by atoms with E-state index in [-0.39, 0.29) is 0 Å². The Bertz CT molecular complexity index is 291. The molecule has 0 N–H and O–H groups in total. The van der Waals surface area contributed by atoms with Crippen LogP contribution in [0, 0.1) is 0 Å². The van der Waals surface area contributed by atoms with Crippen molar-refractivity contribution >= 4 is 22.1 Å². The second-order valence-electron chi connectivity index (χ2n) is 5.02. The Balaban J connectivity index is 0.000000664. The summed E-state index contributed by atoms with van der Waals surface area (Å²) in [5.74, 6) is 0. The molecule has 0 saturated carbocycles. The summed E-state index contributed by atoms with van der Waals surface area (Å²) in [4.78, 5) is 3.78. The number of unbranched alkanes of at least 4 members (excludes halogenated alkanes) is 3. The first-order valence-electron chi connectivity index (χ1n) is 8.55. The second kappa shape index (κ2) is 16.8. The molecule has 0 spiro atoms. The smallest absolute Gasteiger partial charge is 0.302 e. The van der Waals surface area contributed by atoms with Gasteiger partial charge in [-0.2, -0.15) is 0 Å². The van der Waals surface area contributed by atoms with E-state index in [0.29, 0.717) is 19.8 Å². The third kappa shape index (κ3) is 15.2. The van der Waals surface area contributed by atoms with Crippen molar-refractivity contribution in [1.82, 2.24) is 4.98 Å². The van der Waals surface area contributed by atoms with Gasteiger partial charge in [0.25, 0.3) is 0 Å². The average Bonchev–Trinajstić information content (AvgIpc) is 2.58. The molecule has 0 amide bonds. The maximum atomic E-state index is 5.75. The van der Waals surface area contributed by atoms with Crippen molar-refractivity contribution in [2.24, 2.45) is 0 Å². The highest BCUT2D eigenvalue weighted by Gasteiger charge is 2.28. The molecule has 23 heavy (non-hydrogen) atoms. The number of hydrogen-bond acceptors (Lipinski definition) is 4. The third-order valence-electron chi connectivity index (χ3n) is 2.80. The van der Waals surface area contributed by atoms with E-state index < -0.39 is 6.65 Å². The van der Waals surface area contributed by atoms with E-state index in [4.69, 9.17) is 13.6 Å². The number of rotatable bonds is 12. The standard InChI is InChI=1S/C12H27BrO3P.C5H5N/c1-4-7-10-14-17(13,15-11-8-5-2)16-12-9-6-3;1-2-4-6-5-3-1/h4-12H2,1-3H3;1-5H. The summed E-state index contributed by atoms with van der Waals surface area (Å²) in [5.41, 5.74) is 0. The van der Waals surface area contributed by atoms with E-state index in [1.165, 1.54) is 0 Å². The van der Waals surface area contributed by atoms with Crippen LogP contribution in [0.1, 0.15) is 59.3 Å². The van der Waals surface area contributed by atoms with Crippen LogP contribution in [0.3, 0.4) is 0 Å². The predicted octanol–water partition coefficient (Wildman–Crippen LogP) is 6.59.